The van der Waals surface area contributed by atoms with Crippen molar-refractivity contribution >= 4 is 19.2 Å². The number of rotatable bonds is 4. The van der Waals surface area contributed by atoms with Crippen molar-refractivity contribution in [1.29, 1.82) is 0 Å². The molecule has 0 saturated heterocycles. The van der Waals surface area contributed by atoms with Crippen LogP contribution in [0.25, 0.3) is 0 Å². The van der Waals surface area contributed by atoms with E-state index >= 15 is 0 Å². The van der Waals surface area contributed by atoms with Crippen molar-refractivity contribution < 1.29 is 4.55 Å². The molecule has 0 aromatic heterocycles. The summed E-state index contributed by atoms with van der Waals surface area (Å²) in [5.41, 5.74) is 0. The molecule has 0 aliphatic rings. The Morgan fingerprint density at radius 2 is 2.17 bits per heavy atom. The molecule has 0 amide bonds. The Kier molecular flexibility index (Phi) is 4.98. The molecule has 0 rings (SSSR count). The highest BCUT2D eigenvalue weighted by Crippen LogP contribution is 2.13. The summed E-state index contributed by atoms with van der Waals surface area (Å²) in [7, 11) is 2.01. The van der Waals surface area contributed by atoms with Gasteiger partial charge in [-0.2, -0.15) is 0 Å². The lowest BCUT2D eigenvalue weighted by Gasteiger charge is -2.26. The fraction of sp³-hybridized carbons (Fsp3) is 0.750. The van der Waals surface area contributed by atoms with Gasteiger partial charge in [-0.05, 0) is 27.2 Å². The molecule has 2 nitrogen and oxygen atoms in total. The predicted octanol–water partition coefficient (Wildman–Crippen LogP) is 0.573. The lowest BCUT2D eigenvalue weighted by Crippen LogP contribution is -2.44. The van der Waals surface area contributed by atoms with E-state index in [4.69, 9.17) is 0 Å². The molecule has 0 unspecified atom stereocenters. The molecule has 2 atom stereocenters. The Morgan fingerprint density at radius 3 is 2.50 bits per heavy atom. The molecule has 0 radical (unpaired) electrons. The Balaban J connectivity index is 3.83. The van der Waals surface area contributed by atoms with E-state index in [9.17, 15) is 4.55 Å². The van der Waals surface area contributed by atoms with Crippen LogP contribution in [-0.4, -0.2) is 23.1 Å². The van der Waals surface area contributed by atoms with E-state index < -0.39 is 11.4 Å². The molecule has 0 aliphatic carbocycles. The van der Waals surface area contributed by atoms with E-state index in [0.717, 1.165) is 6.42 Å². The zero-order valence-corrected chi connectivity index (χ0v) is 9.20. The van der Waals surface area contributed by atoms with Gasteiger partial charge in [-0.25, -0.2) is 0 Å². The molecule has 70 valence electrons. The first-order chi connectivity index (χ1) is 5.38. The van der Waals surface area contributed by atoms with Gasteiger partial charge in [0.1, 0.15) is 12.6 Å². The van der Waals surface area contributed by atoms with Crippen LogP contribution in [-0.2, 0) is 11.4 Å². The minimum Gasteiger partial charge on any atom is -0.598 e. The van der Waals surface area contributed by atoms with Gasteiger partial charge >= 0.3 is 0 Å². The van der Waals surface area contributed by atoms with Crippen LogP contribution in [0.2, 0.25) is 0 Å². The van der Waals surface area contributed by atoms with Crippen LogP contribution in [0.4, 0.5) is 0 Å². The Hall–Kier alpha value is 0.0749. The molecule has 0 aromatic carbocycles. The maximum atomic E-state index is 11.5. The second-order valence-electron chi connectivity index (χ2n) is 3.92. The summed E-state index contributed by atoms with van der Waals surface area (Å²) in [5.74, 6) is 0.238. The normalized spacial score (nSPS) is 17.0. The van der Waals surface area contributed by atoms with Crippen LogP contribution >= 0.6 is 0 Å². The van der Waals surface area contributed by atoms with E-state index in [2.05, 4.69) is 11.3 Å². The van der Waals surface area contributed by atoms with Crippen molar-refractivity contribution in [2.24, 2.45) is 0 Å². The van der Waals surface area contributed by atoms with Crippen LogP contribution in [0.15, 0.2) is 12.7 Å². The number of hydrogen-bond donors (Lipinski definition) is 1. The van der Waals surface area contributed by atoms with Crippen LogP contribution in [0.1, 0.15) is 27.2 Å². The lowest BCUT2D eigenvalue weighted by molar-refractivity contribution is 0.540. The topological polar surface area (TPSA) is 35.1 Å². The molecule has 0 heterocycles. The quantitative estimate of drug-likeness (QED) is 0.396. The van der Waals surface area contributed by atoms with Crippen molar-refractivity contribution in [3.63, 3.8) is 0 Å². The first-order valence-corrected chi connectivity index (χ1v) is 5.32. The Labute approximate surface area is 79.5 Å². The van der Waals surface area contributed by atoms with Gasteiger partial charge in [-0.15, -0.1) is 11.3 Å². The molecule has 0 spiro atoms. The Morgan fingerprint density at radius 1 is 1.67 bits per heavy atom. The van der Waals surface area contributed by atoms with Crippen LogP contribution in [0.3, 0.4) is 0 Å². The van der Waals surface area contributed by atoms with Crippen molar-refractivity contribution in [3.05, 3.63) is 12.7 Å². The SMILES string of the molecule is B[C@@H](CC=C)N[S@@+]([O-])C(C)(C)C. The average molecular weight is 187 g/mol. The van der Waals surface area contributed by atoms with E-state index in [-0.39, 0.29) is 10.7 Å². The van der Waals surface area contributed by atoms with Gasteiger partial charge in [0, 0.05) is 17.3 Å². The number of hydrogen-bond acceptors (Lipinski definition) is 2. The first kappa shape index (κ1) is 12.1. The van der Waals surface area contributed by atoms with E-state index in [1.54, 1.807) is 0 Å². The summed E-state index contributed by atoms with van der Waals surface area (Å²) in [6.07, 6.45) is 2.68. The molecular formula is C8H18BNOS. The van der Waals surface area contributed by atoms with Crippen molar-refractivity contribution in [2.45, 2.75) is 37.9 Å². The standard InChI is InChI=1S/C8H18BNOS/c1-5-6-7(9)10-12(11)8(2,3)4/h5,7,10H,1,6,9H2,2-4H3/t7-,12+/m1/s1. The summed E-state index contributed by atoms with van der Waals surface area (Å²) in [5, 5.41) is 0. The van der Waals surface area contributed by atoms with Gasteiger partial charge in [0.25, 0.3) is 0 Å². The maximum Gasteiger partial charge on any atom is 0.136 e. The highest BCUT2D eigenvalue weighted by atomic mass is 32.2. The molecule has 4 heteroatoms. The second-order valence-corrected chi connectivity index (χ2v) is 5.92. The van der Waals surface area contributed by atoms with Crippen LogP contribution in [0, 0.1) is 0 Å². The lowest BCUT2D eigenvalue weighted by atomic mass is 9.95. The minimum atomic E-state index is -0.967. The fourth-order valence-electron chi connectivity index (χ4n) is 0.658. The molecule has 0 aliphatic heterocycles. The molecule has 0 fully saturated rings. The van der Waals surface area contributed by atoms with Gasteiger partial charge < -0.3 is 4.55 Å². The smallest absolute Gasteiger partial charge is 0.136 e. The molecule has 0 saturated carbocycles. The molecule has 1 N–H and O–H groups in total. The maximum absolute atomic E-state index is 11.5. The highest BCUT2D eigenvalue weighted by Gasteiger charge is 2.27. The van der Waals surface area contributed by atoms with Crippen molar-refractivity contribution in [1.82, 2.24) is 4.72 Å². The largest absolute Gasteiger partial charge is 0.598 e. The first-order valence-electron chi connectivity index (χ1n) is 4.17. The summed E-state index contributed by atoms with van der Waals surface area (Å²) >= 11 is -0.967. The minimum absolute atomic E-state index is 0.185. The molecular weight excluding hydrogens is 169 g/mol. The van der Waals surface area contributed by atoms with Crippen molar-refractivity contribution in [2.75, 3.05) is 0 Å². The molecule has 0 bridgehead atoms. The molecule has 12 heavy (non-hydrogen) atoms. The Bertz CT molecular complexity index is 146. The van der Waals surface area contributed by atoms with Gasteiger partial charge in [-0.1, -0.05) is 6.08 Å². The van der Waals surface area contributed by atoms with Crippen molar-refractivity contribution in [3.8, 4) is 0 Å². The summed E-state index contributed by atoms with van der Waals surface area (Å²) < 4.78 is 14.4. The van der Waals surface area contributed by atoms with Gasteiger partial charge in [0.15, 0.2) is 0 Å². The third-order valence-corrected chi connectivity index (χ3v) is 3.11. The van der Waals surface area contributed by atoms with Gasteiger partial charge in [0.2, 0.25) is 0 Å². The number of nitrogens with one attached hydrogen (secondary N) is 1. The van der Waals surface area contributed by atoms with Gasteiger partial charge in [0.05, 0.1) is 0 Å². The molecule has 0 aromatic rings. The average Bonchev–Trinajstić information content (AvgIpc) is 1.85. The van der Waals surface area contributed by atoms with E-state index in [0.29, 0.717) is 0 Å². The monoisotopic (exact) mass is 187 g/mol. The van der Waals surface area contributed by atoms with Crippen LogP contribution in [0.5, 0.6) is 0 Å². The third-order valence-electron chi connectivity index (χ3n) is 1.38. The highest BCUT2D eigenvalue weighted by molar-refractivity contribution is 7.90. The fourth-order valence-corrected chi connectivity index (χ4v) is 1.47. The second kappa shape index (κ2) is 4.95. The van der Waals surface area contributed by atoms with Gasteiger partial charge in [-0.3, -0.25) is 0 Å². The summed E-state index contributed by atoms with van der Waals surface area (Å²) in [6.45, 7) is 9.50. The zero-order valence-electron chi connectivity index (χ0n) is 8.39. The predicted molar refractivity (Wildman–Crippen MR) is 58.2 cm³/mol. The van der Waals surface area contributed by atoms with E-state index in [1.807, 2.05) is 34.7 Å². The van der Waals surface area contributed by atoms with E-state index in [1.165, 1.54) is 0 Å². The van der Waals surface area contributed by atoms with Crippen LogP contribution < -0.4 is 4.72 Å². The summed E-state index contributed by atoms with van der Waals surface area (Å²) in [4.78, 5) is 0. The third kappa shape index (κ3) is 4.85. The zero-order chi connectivity index (χ0) is 9.78. The summed E-state index contributed by atoms with van der Waals surface area (Å²) in [6, 6.07) is 0.